The predicted molar refractivity (Wildman–Crippen MR) is 116 cm³/mol. The zero-order valence-electron chi connectivity index (χ0n) is 17.6. The van der Waals surface area contributed by atoms with E-state index in [1.54, 1.807) is 39.6 Å². The van der Waals surface area contributed by atoms with Crippen LogP contribution in [0.2, 0.25) is 0 Å². The Bertz CT molecular complexity index is 1310. The SMILES string of the molecule is Cc1cc(-c2cnn(C)c2)ncc1Nc1ncc2c(n1)n(N1CCOCC1)c(=O)n2C. The second-order valence-corrected chi connectivity index (χ2v) is 7.53. The number of nitrogens with one attached hydrogen (secondary N) is 1. The van der Waals surface area contributed by atoms with Crippen molar-refractivity contribution in [1.82, 2.24) is 34.0 Å². The van der Waals surface area contributed by atoms with Crippen LogP contribution in [0.5, 0.6) is 0 Å². The standard InChI is InChI=1S/C20H23N9O2/c1-13-8-15(14-9-23-26(2)12-14)21-10-16(13)24-19-22-11-17-18(25-19)29(20(30)27(17)3)28-4-6-31-7-5-28/h8-12H,4-7H2,1-3H3,(H,22,24,25). The molecule has 160 valence electrons. The van der Waals surface area contributed by atoms with E-state index in [4.69, 9.17) is 4.74 Å². The highest BCUT2D eigenvalue weighted by atomic mass is 16.5. The van der Waals surface area contributed by atoms with Gasteiger partial charge >= 0.3 is 5.69 Å². The van der Waals surface area contributed by atoms with Crippen LogP contribution < -0.4 is 16.0 Å². The molecule has 0 aliphatic carbocycles. The number of pyridine rings is 1. The monoisotopic (exact) mass is 421 g/mol. The van der Waals surface area contributed by atoms with Crippen LogP contribution in [0.4, 0.5) is 11.6 Å². The topological polar surface area (TPSA) is 108 Å². The largest absolute Gasteiger partial charge is 0.378 e. The Kier molecular flexibility index (Phi) is 4.66. The van der Waals surface area contributed by atoms with Gasteiger partial charge in [0.2, 0.25) is 5.95 Å². The average Bonchev–Trinajstić information content (AvgIpc) is 3.31. The quantitative estimate of drug-likeness (QED) is 0.519. The summed E-state index contributed by atoms with van der Waals surface area (Å²) in [5, 5.41) is 9.39. The van der Waals surface area contributed by atoms with Gasteiger partial charge in [0.25, 0.3) is 0 Å². The fraction of sp³-hybridized carbons (Fsp3) is 0.350. The van der Waals surface area contributed by atoms with Crippen LogP contribution in [0.15, 0.2) is 35.6 Å². The van der Waals surface area contributed by atoms with Crippen LogP contribution >= 0.6 is 0 Å². The summed E-state index contributed by atoms with van der Waals surface area (Å²) in [5.41, 5.74) is 4.67. The van der Waals surface area contributed by atoms with Crippen LogP contribution in [0.3, 0.4) is 0 Å². The minimum Gasteiger partial charge on any atom is -0.378 e. The highest BCUT2D eigenvalue weighted by Crippen LogP contribution is 2.24. The van der Waals surface area contributed by atoms with E-state index >= 15 is 0 Å². The number of hydrogen-bond acceptors (Lipinski definition) is 8. The number of hydrogen-bond donors (Lipinski definition) is 1. The van der Waals surface area contributed by atoms with Gasteiger partial charge in [0, 0.05) is 25.9 Å². The number of aromatic nitrogens is 7. The second kappa shape index (κ2) is 7.51. The Morgan fingerprint density at radius 3 is 2.61 bits per heavy atom. The summed E-state index contributed by atoms with van der Waals surface area (Å²) >= 11 is 0. The van der Waals surface area contributed by atoms with Gasteiger partial charge in [-0.1, -0.05) is 0 Å². The van der Waals surface area contributed by atoms with Gasteiger partial charge in [0.1, 0.15) is 5.52 Å². The molecule has 1 aliphatic rings. The first-order chi connectivity index (χ1) is 15.0. The first-order valence-corrected chi connectivity index (χ1v) is 10.0. The van der Waals surface area contributed by atoms with Gasteiger partial charge in [-0.3, -0.25) is 14.2 Å². The molecule has 5 rings (SSSR count). The molecule has 1 aliphatic heterocycles. The molecule has 5 heterocycles. The maximum Gasteiger partial charge on any atom is 0.349 e. The van der Waals surface area contributed by atoms with Crippen LogP contribution in [-0.4, -0.2) is 60.3 Å². The predicted octanol–water partition coefficient (Wildman–Crippen LogP) is 0.946. The van der Waals surface area contributed by atoms with Crippen molar-refractivity contribution in [3.8, 4) is 11.3 Å². The van der Waals surface area contributed by atoms with Crippen LogP contribution in [0.25, 0.3) is 22.4 Å². The van der Waals surface area contributed by atoms with E-state index in [2.05, 4.69) is 25.4 Å². The number of anilines is 2. The number of rotatable bonds is 4. The third kappa shape index (κ3) is 3.42. The maximum absolute atomic E-state index is 12.8. The molecule has 0 saturated carbocycles. The number of ether oxygens (including phenoxy) is 1. The summed E-state index contributed by atoms with van der Waals surface area (Å²) in [6.07, 6.45) is 7.12. The lowest BCUT2D eigenvalue weighted by molar-refractivity contribution is 0.111. The molecule has 0 bridgehead atoms. The smallest absolute Gasteiger partial charge is 0.349 e. The number of nitrogens with zero attached hydrogens (tertiary/aromatic N) is 8. The maximum atomic E-state index is 12.8. The summed E-state index contributed by atoms with van der Waals surface area (Å²) in [4.78, 5) is 26.4. The van der Waals surface area contributed by atoms with E-state index in [1.807, 2.05) is 31.2 Å². The van der Waals surface area contributed by atoms with E-state index < -0.39 is 0 Å². The number of fused-ring (bicyclic) bond motifs is 1. The zero-order valence-corrected chi connectivity index (χ0v) is 17.6. The van der Waals surface area contributed by atoms with Gasteiger partial charge in [-0.25, -0.2) is 9.78 Å². The fourth-order valence-corrected chi connectivity index (χ4v) is 3.68. The lowest BCUT2D eigenvalue weighted by atomic mass is 10.1. The van der Waals surface area contributed by atoms with Gasteiger partial charge in [-0.05, 0) is 18.6 Å². The third-order valence-corrected chi connectivity index (χ3v) is 5.41. The van der Waals surface area contributed by atoms with Crippen molar-refractivity contribution < 1.29 is 4.74 Å². The molecular weight excluding hydrogens is 398 g/mol. The van der Waals surface area contributed by atoms with E-state index in [0.29, 0.717) is 43.4 Å². The van der Waals surface area contributed by atoms with E-state index in [9.17, 15) is 4.79 Å². The van der Waals surface area contributed by atoms with E-state index in [1.165, 1.54) is 0 Å². The molecule has 0 unspecified atom stereocenters. The summed E-state index contributed by atoms with van der Waals surface area (Å²) in [6.45, 7) is 4.41. The Balaban J connectivity index is 1.49. The summed E-state index contributed by atoms with van der Waals surface area (Å²) in [7, 11) is 3.60. The molecule has 1 fully saturated rings. The highest BCUT2D eigenvalue weighted by Gasteiger charge is 2.20. The van der Waals surface area contributed by atoms with Gasteiger partial charge < -0.3 is 15.1 Å². The molecule has 0 atom stereocenters. The molecule has 0 amide bonds. The van der Waals surface area contributed by atoms with E-state index in [-0.39, 0.29) is 5.69 Å². The Morgan fingerprint density at radius 2 is 1.90 bits per heavy atom. The van der Waals surface area contributed by atoms with Crippen molar-refractivity contribution in [2.24, 2.45) is 14.1 Å². The third-order valence-electron chi connectivity index (χ3n) is 5.41. The number of morpholine rings is 1. The Morgan fingerprint density at radius 1 is 1.10 bits per heavy atom. The summed E-state index contributed by atoms with van der Waals surface area (Å²) in [5.74, 6) is 0.402. The summed E-state index contributed by atoms with van der Waals surface area (Å²) in [6, 6.07) is 1.99. The molecule has 0 spiro atoms. The Labute approximate surface area is 177 Å². The Hall–Kier alpha value is -3.73. The van der Waals surface area contributed by atoms with Crippen molar-refractivity contribution in [1.29, 1.82) is 0 Å². The molecular formula is C20H23N9O2. The zero-order chi connectivity index (χ0) is 21.5. The molecule has 1 N–H and O–H groups in total. The van der Waals surface area contributed by atoms with Crippen LogP contribution in [0, 0.1) is 6.92 Å². The van der Waals surface area contributed by atoms with Crippen molar-refractivity contribution >= 4 is 22.8 Å². The van der Waals surface area contributed by atoms with E-state index in [0.717, 1.165) is 22.5 Å². The van der Waals surface area contributed by atoms with Gasteiger partial charge in [-0.2, -0.15) is 14.8 Å². The summed E-state index contributed by atoms with van der Waals surface area (Å²) < 4.78 is 10.3. The molecule has 31 heavy (non-hydrogen) atoms. The van der Waals surface area contributed by atoms with Crippen molar-refractivity contribution in [2.75, 3.05) is 36.6 Å². The minimum absolute atomic E-state index is 0.151. The number of aryl methyl sites for hydroxylation is 3. The molecule has 11 heteroatoms. The van der Waals surface area contributed by atoms with Crippen LogP contribution in [0.1, 0.15) is 5.56 Å². The molecule has 11 nitrogen and oxygen atoms in total. The fourth-order valence-electron chi connectivity index (χ4n) is 3.68. The first-order valence-electron chi connectivity index (χ1n) is 10.0. The van der Waals surface area contributed by atoms with Crippen molar-refractivity contribution in [2.45, 2.75) is 6.92 Å². The molecule has 4 aromatic heterocycles. The lowest BCUT2D eigenvalue weighted by Crippen LogP contribution is -2.48. The highest BCUT2D eigenvalue weighted by molar-refractivity contribution is 5.73. The van der Waals surface area contributed by atoms with Gasteiger partial charge in [-0.15, -0.1) is 0 Å². The lowest BCUT2D eigenvalue weighted by Gasteiger charge is -2.28. The number of imidazole rings is 1. The van der Waals surface area contributed by atoms with Crippen molar-refractivity contribution in [3.05, 3.63) is 46.9 Å². The molecule has 1 saturated heterocycles. The van der Waals surface area contributed by atoms with Gasteiger partial charge in [0.15, 0.2) is 5.65 Å². The molecule has 0 aromatic carbocycles. The first kappa shape index (κ1) is 19.2. The average molecular weight is 421 g/mol. The normalized spacial score (nSPS) is 14.4. The molecule has 4 aromatic rings. The van der Waals surface area contributed by atoms with Crippen LogP contribution in [-0.2, 0) is 18.8 Å². The minimum atomic E-state index is -0.151. The molecule has 0 radical (unpaired) electrons. The van der Waals surface area contributed by atoms with Crippen molar-refractivity contribution in [3.63, 3.8) is 0 Å². The second-order valence-electron chi connectivity index (χ2n) is 7.53. The van der Waals surface area contributed by atoms with Gasteiger partial charge in [0.05, 0.1) is 56.3 Å².